The minimum atomic E-state index is -0.270. The second-order valence-corrected chi connectivity index (χ2v) is 5.55. The maximum Gasteiger partial charge on any atom is 0.124 e. The summed E-state index contributed by atoms with van der Waals surface area (Å²) in [5.41, 5.74) is 1.62. The molecule has 0 aliphatic rings. The van der Waals surface area contributed by atoms with Gasteiger partial charge in [0.05, 0.1) is 29.1 Å². The average molecular weight is 287 g/mol. The number of benzene rings is 1. The van der Waals surface area contributed by atoms with Crippen LogP contribution in [0.3, 0.4) is 0 Å². The van der Waals surface area contributed by atoms with E-state index >= 15 is 0 Å². The Morgan fingerprint density at radius 3 is 2.72 bits per heavy atom. The molecule has 0 spiro atoms. The van der Waals surface area contributed by atoms with Gasteiger partial charge in [0.1, 0.15) is 5.82 Å². The van der Waals surface area contributed by atoms with Gasteiger partial charge < -0.3 is 9.30 Å². The first-order valence-corrected chi connectivity index (χ1v) is 6.64. The lowest BCUT2D eigenvalue weighted by atomic mass is 10.1. The summed E-state index contributed by atoms with van der Waals surface area (Å²) in [6, 6.07) is 5.68. The van der Waals surface area contributed by atoms with Gasteiger partial charge in [-0.25, -0.2) is 4.98 Å². The highest BCUT2D eigenvalue weighted by Gasteiger charge is 2.21. The Morgan fingerprint density at radius 2 is 2.11 bits per heavy atom. The zero-order chi connectivity index (χ0) is 13.3. The number of hydrogen-bond donors (Lipinski definition) is 0. The molecule has 3 nitrogen and oxygen atoms in total. The van der Waals surface area contributed by atoms with Crippen LogP contribution in [0.4, 0.5) is 0 Å². The number of nitrogens with zero attached hydrogens (tertiary/aromatic N) is 2. The predicted octanol–water partition coefficient (Wildman–Crippen LogP) is 3.85. The van der Waals surface area contributed by atoms with Crippen molar-refractivity contribution in [3.8, 4) is 0 Å². The molecule has 2 rings (SSSR count). The highest BCUT2D eigenvalue weighted by molar-refractivity contribution is 6.31. The lowest BCUT2D eigenvalue weighted by molar-refractivity contribution is 0.00854. The number of imidazole rings is 1. The third-order valence-electron chi connectivity index (χ3n) is 3.00. The van der Waals surface area contributed by atoms with Crippen molar-refractivity contribution in [2.45, 2.75) is 31.9 Å². The van der Waals surface area contributed by atoms with Gasteiger partial charge in [0.2, 0.25) is 0 Å². The molecule has 0 atom stereocenters. The summed E-state index contributed by atoms with van der Waals surface area (Å²) < 4.78 is 7.55. The number of aromatic nitrogens is 2. The summed E-state index contributed by atoms with van der Waals surface area (Å²) in [5.74, 6) is 1.20. The van der Waals surface area contributed by atoms with Gasteiger partial charge in [-0.2, -0.15) is 0 Å². The summed E-state index contributed by atoms with van der Waals surface area (Å²) in [6.07, 6.45) is 0. The van der Waals surface area contributed by atoms with Crippen molar-refractivity contribution in [2.75, 3.05) is 7.11 Å². The van der Waals surface area contributed by atoms with Gasteiger partial charge in [-0.3, -0.25) is 0 Å². The van der Waals surface area contributed by atoms with Gasteiger partial charge in [-0.15, -0.1) is 11.6 Å². The van der Waals surface area contributed by atoms with Gasteiger partial charge >= 0.3 is 0 Å². The number of hydrogen-bond acceptors (Lipinski definition) is 2. The van der Waals surface area contributed by atoms with E-state index in [2.05, 4.69) is 9.55 Å². The Morgan fingerprint density at radius 1 is 1.39 bits per heavy atom. The molecule has 0 unspecified atom stereocenters. The Bertz CT molecular complexity index is 563. The van der Waals surface area contributed by atoms with Crippen molar-refractivity contribution in [2.24, 2.45) is 0 Å². The molecule has 2 aromatic rings. The third-order valence-corrected chi connectivity index (χ3v) is 3.47. The predicted molar refractivity (Wildman–Crippen MR) is 75.4 cm³/mol. The molecule has 0 amide bonds. The van der Waals surface area contributed by atoms with Crippen LogP contribution in [0.1, 0.15) is 19.7 Å². The van der Waals surface area contributed by atoms with E-state index in [9.17, 15) is 0 Å². The highest BCUT2D eigenvalue weighted by Crippen LogP contribution is 2.24. The van der Waals surface area contributed by atoms with Gasteiger partial charge in [-0.1, -0.05) is 11.6 Å². The standard InChI is InChI=1S/C13H16Cl2N2O/c1-13(2,18-3)8-17-11-5-4-9(15)6-10(11)16-12(17)7-14/h4-6H,7-8H2,1-3H3. The topological polar surface area (TPSA) is 27.1 Å². The summed E-state index contributed by atoms with van der Waals surface area (Å²) in [5, 5.41) is 0.680. The molecule has 0 bridgehead atoms. The van der Waals surface area contributed by atoms with Crippen molar-refractivity contribution in [1.29, 1.82) is 0 Å². The van der Waals surface area contributed by atoms with Crippen molar-refractivity contribution >= 4 is 34.2 Å². The summed E-state index contributed by atoms with van der Waals surface area (Å²) in [4.78, 5) is 4.50. The third kappa shape index (κ3) is 2.63. The minimum absolute atomic E-state index is 0.270. The first-order chi connectivity index (χ1) is 8.46. The van der Waals surface area contributed by atoms with Gasteiger partial charge in [0.15, 0.2) is 0 Å². The molecule has 1 aromatic heterocycles. The monoisotopic (exact) mass is 286 g/mol. The van der Waals surface area contributed by atoms with Crippen LogP contribution in [0.2, 0.25) is 5.02 Å². The molecular formula is C13H16Cl2N2O. The highest BCUT2D eigenvalue weighted by atomic mass is 35.5. The average Bonchev–Trinajstić information content (AvgIpc) is 2.66. The molecule has 0 fully saturated rings. The first kappa shape index (κ1) is 13.7. The Labute approximate surface area is 117 Å². The number of rotatable bonds is 4. The maximum absolute atomic E-state index is 5.98. The van der Waals surface area contributed by atoms with Crippen LogP contribution in [0.15, 0.2) is 18.2 Å². The van der Waals surface area contributed by atoms with Crippen LogP contribution in [0.5, 0.6) is 0 Å². The molecule has 18 heavy (non-hydrogen) atoms. The van der Waals surface area contributed by atoms with E-state index < -0.39 is 0 Å². The van der Waals surface area contributed by atoms with Crippen molar-refractivity contribution in [3.05, 3.63) is 29.0 Å². The van der Waals surface area contributed by atoms with Crippen LogP contribution < -0.4 is 0 Å². The maximum atomic E-state index is 5.98. The summed E-state index contributed by atoms with van der Waals surface area (Å²) in [7, 11) is 1.70. The molecule has 0 saturated heterocycles. The fourth-order valence-electron chi connectivity index (χ4n) is 1.88. The van der Waals surface area contributed by atoms with Crippen LogP contribution in [0.25, 0.3) is 11.0 Å². The lowest BCUT2D eigenvalue weighted by Crippen LogP contribution is -2.29. The molecule has 0 N–H and O–H groups in total. The number of halogens is 2. The van der Waals surface area contributed by atoms with Crippen LogP contribution in [0, 0.1) is 0 Å². The smallest absolute Gasteiger partial charge is 0.124 e. The quantitative estimate of drug-likeness (QED) is 0.798. The van der Waals surface area contributed by atoms with Gasteiger partial charge in [-0.05, 0) is 32.0 Å². The fraction of sp³-hybridized carbons (Fsp3) is 0.462. The lowest BCUT2D eigenvalue weighted by Gasteiger charge is -2.24. The number of methoxy groups -OCH3 is 1. The zero-order valence-corrected chi connectivity index (χ0v) is 12.2. The Balaban J connectivity index is 2.53. The molecule has 0 aliphatic carbocycles. The molecule has 98 valence electrons. The van der Waals surface area contributed by atoms with Gasteiger partial charge in [0, 0.05) is 12.1 Å². The van der Waals surface area contributed by atoms with Crippen molar-refractivity contribution in [1.82, 2.24) is 9.55 Å². The number of alkyl halides is 1. The molecular weight excluding hydrogens is 271 g/mol. The number of fused-ring (bicyclic) bond motifs is 1. The largest absolute Gasteiger partial charge is 0.377 e. The zero-order valence-electron chi connectivity index (χ0n) is 10.7. The van der Waals surface area contributed by atoms with E-state index in [0.717, 1.165) is 16.9 Å². The second-order valence-electron chi connectivity index (χ2n) is 4.84. The normalized spacial score (nSPS) is 12.3. The molecule has 0 radical (unpaired) electrons. The Kier molecular flexibility index (Phi) is 3.85. The fourth-order valence-corrected chi connectivity index (χ4v) is 2.25. The number of ether oxygens (including phenoxy) is 1. The Hall–Kier alpha value is -0.770. The van der Waals surface area contributed by atoms with Crippen LogP contribution >= 0.6 is 23.2 Å². The van der Waals surface area contributed by atoms with Crippen LogP contribution in [-0.4, -0.2) is 22.3 Å². The van der Waals surface area contributed by atoms with Crippen LogP contribution in [-0.2, 0) is 17.2 Å². The molecule has 1 heterocycles. The molecule has 5 heteroatoms. The van der Waals surface area contributed by atoms with E-state index in [1.165, 1.54) is 0 Å². The van der Waals surface area contributed by atoms with E-state index in [4.69, 9.17) is 27.9 Å². The van der Waals surface area contributed by atoms with Crippen molar-refractivity contribution < 1.29 is 4.74 Å². The van der Waals surface area contributed by atoms with E-state index in [1.807, 2.05) is 32.0 Å². The van der Waals surface area contributed by atoms with Gasteiger partial charge in [0.25, 0.3) is 0 Å². The SMILES string of the molecule is COC(C)(C)Cn1c(CCl)nc2cc(Cl)ccc21. The molecule has 0 saturated carbocycles. The second kappa shape index (κ2) is 5.08. The molecule has 1 aromatic carbocycles. The van der Waals surface area contributed by atoms with Crippen molar-refractivity contribution in [3.63, 3.8) is 0 Å². The minimum Gasteiger partial charge on any atom is -0.377 e. The summed E-state index contributed by atoms with van der Waals surface area (Å²) in [6.45, 7) is 4.77. The molecule has 0 aliphatic heterocycles. The van der Waals surface area contributed by atoms with E-state index in [-0.39, 0.29) is 5.60 Å². The van der Waals surface area contributed by atoms with E-state index in [1.54, 1.807) is 7.11 Å². The van der Waals surface area contributed by atoms with E-state index in [0.29, 0.717) is 17.4 Å². The first-order valence-electron chi connectivity index (χ1n) is 5.72. The summed E-state index contributed by atoms with van der Waals surface area (Å²) >= 11 is 11.9.